The summed E-state index contributed by atoms with van der Waals surface area (Å²) in [6.45, 7) is 0. The van der Waals surface area contributed by atoms with Gasteiger partial charge in [-0.1, -0.05) is 0 Å². The van der Waals surface area contributed by atoms with Gasteiger partial charge in [-0.25, -0.2) is 0 Å². The van der Waals surface area contributed by atoms with Crippen molar-refractivity contribution in [1.29, 1.82) is 0 Å². The maximum atomic E-state index is 6.10. The normalized spacial score (nSPS) is 11.1. The molecule has 0 fully saturated rings. The molecule has 1 N–H and O–H groups in total. The number of nitrogens with zero attached hydrogens (tertiary/aromatic N) is 2. The highest BCUT2D eigenvalue weighted by molar-refractivity contribution is 7.71. The average molecular weight is 249 g/mol. The van der Waals surface area contributed by atoms with E-state index >= 15 is 0 Å². The Labute approximate surface area is 95.9 Å². The summed E-state index contributed by atoms with van der Waals surface area (Å²) < 4.78 is 4.16. The van der Waals surface area contributed by atoms with E-state index < -0.39 is 0 Å². The van der Waals surface area contributed by atoms with Crippen LogP contribution < -0.4 is 4.57 Å². The summed E-state index contributed by atoms with van der Waals surface area (Å²) in [6.07, 6.45) is 0. The minimum absolute atomic E-state index is 0.555. The number of hydrogen-bond donors (Lipinski definition) is 1. The lowest BCUT2D eigenvalue weighted by atomic mass is 10.4. The van der Waals surface area contributed by atoms with Crippen LogP contribution in [-0.4, -0.2) is 9.55 Å². The van der Waals surface area contributed by atoms with Crippen LogP contribution in [0.1, 0.15) is 0 Å². The predicted octanol–water partition coefficient (Wildman–Crippen LogP) is 2.37. The summed E-state index contributed by atoms with van der Waals surface area (Å²) in [5.41, 5.74) is 1.72. The molecule has 0 aromatic carbocycles. The van der Waals surface area contributed by atoms with Crippen LogP contribution >= 0.6 is 35.4 Å². The number of hydrogen-bond acceptors (Lipinski definition) is 1. The number of pyridine rings is 1. The molecule has 2 aromatic heterocycles. The van der Waals surface area contributed by atoms with Crippen LogP contribution in [0.25, 0.3) is 11.0 Å². The number of halogens is 2. The Morgan fingerprint density at radius 1 is 1.50 bits per heavy atom. The van der Waals surface area contributed by atoms with Crippen LogP contribution in [0.3, 0.4) is 0 Å². The molecule has 2 heterocycles. The van der Waals surface area contributed by atoms with E-state index in [9.17, 15) is 0 Å². The lowest BCUT2D eigenvalue weighted by molar-refractivity contribution is -0.665. The topological polar surface area (TPSA) is 24.6 Å². The molecule has 0 radical (unpaired) electrons. The molecule has 0 bridgehead atoms. The fraction of sp³-hybridized carbons (Fsp3) is 0.250. The number of aromatic nitrogens is 3. The molecule has 0 saturated heterocycles. The second-order valence-corrected chi connectivity index (χ2v) is 4.20. The van der Waals surface area contributed by atoms with E-state index in [1.807, 2.05) is 17.7 Å². The average Bonchev–Trinajstić information content (AvgIpc) is 2.42. The van der Waals surface area contributed by atoms with E-state index in [1.54, 1.807) is 11.6 Å². The van der Waals surface area contributed by atoms with Gasteiger partial charge < -0.3 is 9.55 Å². The number of fused-ring (bicyclic) bond motifs is 1. The van der Waals surface area contributed by atoms with E-state index in [0.29, 0.717) is 15.1 Å². The summed E-state index contributed by atoms with van der Waals surface area (Å²) in [4.78, 5) is 3.03. The summed E-state index contributed by atoms with van der Waals surface area (Å²) in [5, 5.41) is 1.13. The zero-order chi connectivity index (χ0) is 10.5. The van der Waals surface area contributed by atoms with Crippen LogP contribution in [0, 0.1) is 4.77 Å². The molecule has 14 heavy (non-hydrogen) atoms. The van der Waals surface area contributed by atoms with E-state index in [2.05, 4.69) is 4.98 Å². The molecule has 0 amide bonds. The van der Waals surface area contributed by atoms with Gasteiger partial charge in [0.15, 0.2) is 10.3 Å². The monoisotopic (exact) mass is 248 g/mol. The second kappa shape index (κ2) is 3.22. The zero-order valence-corrected chi connectivity index (χ0v) is 9.96. The number of nitrogens with one attached hydrogen (secondary N) is 1. The molecule has 0 aliphatic rings. The number of rotatable bonds is 0. The highest BCUT2D eigenvalue weighted by atomic mass is 35.5. The van der Waals surface area contributed by atoms with Crippen molar-refractivity contribution in [3.8, 4) is 0 Å². The Morgan fingerprint density at radius 2 is 2.14 bits per heavy atom. The molecule has 6 heteroatoms. The van der Waals surface area contributed by atoms with Gasteiger partial charge in [0.1, 0.15) is 7.05 Å². The fourth-order valence-electron chi connectivity index (χ4n) is 1.33. The highest BCUT2D eigenvalue weighted by Gasteiger charge is 2.17. The van der Waals surface area contributed by atoms with Crippen molar-refractivity contribution < 1.29 is 4.57 Å². The van der Waals surface area contributed by atoms with Crippen molar-refractivity contribution in [3.63, 3.8) is 0 Å². The first-order valence-electron chi connectivity index (χ1n) is 3.95. The van der Waals surface area contributed by atoms with Crippen molar-refractivity contribution in [3.05, 3.63) is 21.1 Å². The molecule has 0 aliphatic carbocycles. The third kappa shape index (κ3) is 1.26. The first-order valence-corrected chi connectivity index (χ1v) is 5.11. The molecule has 2 rings (SSSR count). The van der Waals surface area contributed by atoms with Gasteiger partial charge >= 0.3 is 5.15 Å². The van der Waals surface area contributed by atoms with Crippen molar-refractivity contribution in [1.82, 2.24) is 9.55 Å². The highest BCUT2D eigenvalue weighted by Crippen LogP contribution is 2.21. The van der Waals surface area contributed by atoms with Gasteiger partial charge in [-0.3, -0.25) is 0 Å². The van der Waals surface area contributed by atoms with Crippen LogP contribution in [0.2, 0.25) is 10.3 Å². The quantitative estimate of drug-likeness (QED) is 0.432. The van der Waals surface area contributed by atoms with Gasteiger partial charge in [-0.2, -0.15) is 4.57 Å². The van der Waals surface area contributed by atoms with E-state index in [-0.39, 0.29) is 0 Å². The van der Waals surface area contributed by atoms with Gasteiger partial charge in [0.05, 0.1) is 5.52 Å². The van der Waals surface area contributed by atoms with E-state index in [4.69, 9.17) is 35.4 Å². The zero-order valence-electron chi connectivity index (χ0n) is 7.64. The van der Waals surface area contributed by atoms with Crippen molar-refractivity contribution >= 4 is 46.5 Å². The van der Waals surface area contributed by atoms with E-state index in [0.717, 1.165) is 11.0 Å². The Kier molecular flexibility index (Phi) is 2.29. The van der Waals surface area contributed by atoms with Crippen LogP contribution in [0.5, 0.6) is 0 Å². The van der Waals surface area contributed by atoms with Crippen molar-refractivity contribution in [2.75, 3.05) is 0 Å². The number of imidazole rings is 1. The molecule has 3 nitrogen and oxygen atoms in total. The third-order valence-electron chi connectivity index (χ3n) is 2.23. The first kappa shape index (κ1) is 9.96. The van der Waals surface area contributed by atoms with Crippen LogP contribution in [0.4, 0.5) is 0 Å². The minimum Gasteiger partial charge on any atom is -0.324 e. The fourth-order valence-corrected chi connectivity index (χ4v) is 2.00. The Hall–Kier alpha value is -0.580. The number of aryl methyl sites for hydroxylation is 1. The maximum absolute atomic E-state index is 6.10. The summed E-state index contributed by atoms with van der Waals surface area (Å²) in [7, 11) is 3.67. The van der Waals surface area contributed by atoms with E-state index in [1.165, 1.54) is 0 Å². The van der Waals surface area contributed by atoms with Gasteiger partial charge in [0.25, 0.3) is 5.15 Å². The molecule has 0 atom stereocenters. The molecule has 0 spiro atoms. The molecule has 2 aromatic rings. The number of H-pyrrole nitrogens is 1. The summed E-state index contributed by atoms with van der Waals surface area (Å²) >= 11 is 17.2. The Balaban J connectivity index is 3.05. The van der Waals surface area contributed by atoms with Gasteiger partial charge in [0, 0.05) is 13.1 Å². The van der Waals surface area contributed by atoms with Crippen LogP contribution in [-0.2, 0) is 14.1 Å². The van der Waals surface area contributed by atoms with Gasteiger partial charge in [0.2, 0.25) is 0 Å². The van der Waals surface area contributed by atoms with Crippen molar-refractivity contribution in [2.45, 2.75) is 0 Å². The first-order chi connectivity index (χ1) is 6.52. The SMILES string of the molecule is Cn1c(=S)[nH]c2c(Cl)[n+](C)c(Cl)cc21. The number of aromatic amines is 1. The molecular formula is C8H8Cl2N3S+. The lowest BCUT2D eigenvalue weighted by Gasteiger charge is -1.97. The maximum Gasteiger partial charge on any atom is 0.302 e. The van der Waals surface area contributed by atoms with Crippen LogP contribution in [0.15, 0.2) is 6.07 Å². The summed E-state index contributed by atoms with van der Waals surface area (Å²) in [5.74, 6) is 0. The molecule has 0 saturated carbocycles. The van der Waals surface area contributed by atoms with Gasteiger partial charge in [-0.05, 0) is 35.4 Å². The molecule has 0 aliphatic heterocycles. The smallest absolute Gasteiger partial charge is 0.302 e. The standard InChI is InChI=1S/C8H7Cl2N3S/c1-12-4-3-5(9)13(2)7(10)6(4)11-8(12)14/h3H,1-2H3/p+1. The molecule has 0 unspecified atom stereocenters. The molecule has 74 valence electrons. The lowest BCUT2D eigenvalue weighted by Crippen LogP contribution is -2.31. The summed E-state index contributed by atoms with van der Waals surface area (Å²) in [6, 6.07) is 1.83. The van der Waals surface area contributed by atoms with Crippen molar-refractivity contribution in [2.24, 2.45) is 14.1 Å². The second-order valence-electron chi connectivity index (χ2n) is 3.07. The largest absolute Gasteiger partial charge is 0.324 e. The Bertz CT molecular complexity index is 570. The Morgan fingerprint density at radius 3 is 2.79 bits per heavy atom. The predicted molar refractivity (Wildman–Crippen MR) is 59.3 cm³/mol. The third-order valence-corrected chi connectivity index (χ3v) is 3.41. The van der Waals surface area contributed by atoms with Gasteiger partial charge in [-0.15, -0.1) is 0 Å². The minimum atomic E-state index is 0.555. The molecular weight excluding hydrogens is 241 g/mol.